The van der Waals surface area contributed by atoms with Gasteiger partial charge >= 0.3 is 0 Å². The van der Waals surface area contributed by atoms with E-state index < -0.39 is 10.0 Å². The van der Waals surface area contributed by atoms with Gasteiger partial charge in [-0.05, 0) is 26.7 Å². The molecule has 0 N–H and O–H groups in total. The number of amides is 1. The summed E-state index contributed by atoms with van der Waals surface area (Å²) in [6.45, 7) is 9.17. The molecule has 140 valence electrons. The van der Waals surface area contributed by atoms with Crippen LogP contribution in [0, 0.1) is 5.92 Å². The first-order chi connectivity index (χ1) is 11.1. The van der Waals surface area contributed by atoms with E-state index >= 15 is 0 Å². The summed E-state index contributed by atoms with van der Waals surface area (Å²) >= 11 is 0. The van der Waals surface area contributed by atoms with E-state index in [2.05, 4.69) is 18.7 Å². The maximum absolute atomic E-state index is 12.9. The second kappa shape index (κ2) is 7.68. The molecule has 2 fully saturated rings. The molecule has 0 aromatic heterocycles. The maximum Gasteiger partial charge on any atom is 0.226 e. The number of rotatable bonds is 5. The molecule has 8 heteroatoms. The smallest absolute Gasteiger partial charge is 0.226 e. The fourth-order valence-corrected chi connectivity index (χ4v) is 4.29. The number of sulfonamides is 1. The Kier molecular flexibility index (Phi) is 6.28. The molecule has 0 atom stereocenters. The van der Waals surface area contributed by atoms with Gasteiger partial charge in [0.25, 0.3) is 0 Å². The fraction of sp³-hybridized carbons (Fsp3) is 0.938. The van der Waals surface area contributed by atoms with Crippen molar-refractivity contribution in [2.45, 2.75) is 32.2 Å². The summed E-state index contributed by atoms with van der Waals surface area (Å²) in [5, 5.41) is 0. The van der Waals surface area contributed by atoms with Crippen LogP contribution in [0.4, 0.5) is 0 Å². The van der Waals surface area contributed by atoms with E-state index in [0.717, 1.165) is 32.8 Å². The lowest BCUT2D eigenvalue weighted by molar-refractivity contribution is -0.141. The van der Waals surface area contributed by atoms with Gasteiger partial charge in [0.05, 0.1) is 19.5 Å². The van der Waals surface area contributed by atoms with Crippen LogP contribution in [-0.2, 0) is 19.6 Å². The Balaban J connectivity index is 1.91. The van der Waals surface area contributed by atoms with Gasteiger partial charge in [-0.15, -0.1) is 0 Å². The van der Waals surface area contributed by atoms with Gasteiger partial charge in [-0.1, -0.05) is 0 Å². The Morgan fingerprint density at radius 3 is 2.21 bits per heavy atom. The molecule has 0 radical (unpaired) electrons. The number of hydrogen-bond donors (Lipinski definition) is 0. The molecule has 0 aromatic rings. The van der Waals surface area contributed by atoms with E-state index in [1.807, 2.05) is 11.9 Å². The summed E-state index contributed by atoms with van der Waals surface area (Å²) < 4.78 is 30.0. The first kappa shape index (κ1) is 19.6. The first-order valence-electron chi connectivity index (χ1n) is 8.64. The van der Waals surface area contributed by atoms with Crippen molar-refractivity contribution in [3.05, 3.63) is 0 Å². The van der Waals surface area contributed by atoms with Gasteiger partial charge in [-0.25, -0.2) is 12.7 Å². The summed E-state index contributed by atoms with van der Waals surface area (Å²) in [5.41, 5.74) is -0.262. The monoisotopic (exact) mass is 361 g/mol. The van der Waals surface area contributed by atoms with E-state index in [9.17, 15) is 13.2 Å². The van der Waals surface area contributed by atoms with Gasteiger partial charge in [0, 0.05) is 51.2 Å². The van der Waals surface area contributed by atoms with Gasteiger partial charge in [0.1, 0.15) is 0 Å². The van der Waals surface area contributed by atoms with Crippen molar-refractivity contribution >= 4 is 15.9 Å². The topological polar surface area (TPSA) is 70.2 Å². The van der Waals surface area contributed by atoms with Crippen molar-refractivity contribution in [1.29, 1.82) is 0 Å². The van der Waals surface area contributed by atoms with Gasteiger partial charge < -0.3 is 9.64 Å². The molecule has 1 amide bonds. The zero-order valence-electron chi connectivity index (χ0n) is 15.3. The average Bonchev–Trinajstić information content (AvgIpc) is 2.53. The van der Waals surface area contributed by atoms with E-state index in [-0.39, 0.29) is 17.4 Å². The zero-order chi connectivity index (χ0) is 18.0. The first-order valence-corrected chi connectivity index (χ1v) is 10.5. The molecule has 0 saturated carbocycles. The van der Waals surface area contributed by atoms with Crippen LogP contribution in [-0.4, -0.2) is 93.2 Å². The summed E-state index contributed by atoms with van der Waals surface area (Å²) in [5.74, 6) is 0.0402. The lowest BCUT2D eigenvalue weighted by atomic mass is 9.93. The quantitative estimate of drug-likeness (QED) is 0.701. The number of hydrogen-bond acceptors (Lipinski definition) is 5. The van der Waals surface area contributed by atoms with E-state index in [1.165, 1.54) is 10.6 Å². The Morgan fingerprint density at radius 2 is 1.71 bits per heavy atom. The average molecular weight is 362 g/mol. The molecule has 0 aliphatic carbocycles. The molecule has 0 aromatic carbocycles. The van der Waals surface area contributed by atoms with Crippen LogP contribution < -0.4 is 0 Å². The summed E-state index contributed by atoms with van der Waals surface area (Å²) in [4.78, 5) is 17.0. The van der Waals surface area contributed by atoms with Crippen molar-refractivity contribution < 1.29 is 17.9 Å². The van der Waals surface area contributed by atoms with Gasteiger partial charge in [-0.2, -0.15) is 0 Å². The minimum Gasteiger partial charge on any atom is -0.379 e. The minimum absolute atomic E-state index is 0.0861. The molecule has 2 saturated heterocycles. The normalized spacial score (nSPS) is 22.5. The third-order valence-corrected chi connectivity index (χ3v) is 6.53. The lowest BCUT2D eigenvalue weighted by Gasteiger charge is -2.43. The molecule has 0 unspecified atom stereocenters. The molecule has 2 rings (SSSR count). The maximum atomic E-state index is 12.9. The predicted octanol–water partition coefficient (Wildman–Crippen LogP) is 0.227. The summed E-state index contributed by atoms with van der Waals surface area (Å²) in [7, 11) is -1.29. The van der Waals surface area contributed by atoms with E-state index in [4.69, 9.17) is 4.74 Å². The highest BCUT2D eigenvalue weighted by Crippen LogP contribution is 2.25. The van der Waals surface area contributed by atoms with Crippen molar-refractivity contribution in [2.75, 3.05) is 59.2 Å². The van der Waals surface area contributed by atoms with E-state index in [0.29, 0.717) is 25.9 Å². The van der Waals surface area contributed by atoms with Gasteiger partial charge in [0.2, 0.25) is 15.9 Å². The molecular weight excluding hydrogens is 330 g/mol. The van der Waals surface area contributed by atoms with Crippen LogP contribution in [0.5, 0.6) is 0 Å². The van der Waals surface area contributed by atoms with Crippen LogP contribution in [0.2, 0.25) is 0 Å². The van der Waals surface area contributed by atoms with Crippen molar-refractivity contribution in [3.63, 3.8) is 0 Å². The highest BCUT2D eigenvalue weighted by molar-refractivity contribution is 7.88. The molecule has 0 bridgehead atoms. The molecular formula is C16H31N3O4S. The van der Waals surface area contributed by atoms with Crippen molar-refractivity contribution in [1.82, 2.24) is 14.1 Å². The number of nitrogens with zero attached hydrogens (tertiary/aromatic N) is 3. The SMILES string of the molecule is CN(C(=O)C1CCN(S(C)(=O)=O)CC1)C(C)(C)CN1CCOCC1. The molecule has 24 heavy (non-hydrogen) atoms. The molecule has 2 aliphatic rings. The highest BCUT2D eigenvalue weighted by atomic mass is 32.2. The minimum atomic E-state index is -3.15. The molecule has 7 nitrogen and oxygen atoms in total. The zero-order valence-corrected chi connectivity index (χ0v) is 16.1. The fourth-order valence-electron chi connectivity index (χ4n) is 3.42. The number of carbonyl (C=O) groups is 1. The van der Waals surface area contributed by atoms with Gasteiger partial charge in [0.15, 0.2) is 0 Å². The third-order valence-electron chi connectivity index (χ3n) is 5.23. The van der Waals surface area contributed by atoms with Crippen molar-refractivity contribution in [3.8, 4) is 0 Å². The molecule has 0 spiro atoms. The Morgan fingerprint density at radius 1 is 1.17 bits per heavy atom. The van der Waals surface area contributed by atoms with E-state index in [1.54, 1.807) is 0 Å². The van der Waals surface area contributed by atoms with Gasteiger partial charge in [-0.3, -0.25) is 9.69 Å². The van der Waals surface area contributed by atoms with Crippen molar-refractivity contribution in [2.24, 2.45) is 5.92 Å². The molecule has 2 aliphatic heterocycles. The standard InChI is InChI=1S/C16H31N3O4S/c1-16(2,13-18-9-11-23-12-10-18)17(3)15(20)14-5-7-19(8-6-14)24(4,21)22/h14H,5-13H2,1-4H3. The Bertz CT molecular complexity index is 536. The predicted molar refractivity (Wildman–Crippen MR) is 93.2 cm³/mol. The van der Waals surface area contributed by atoms with Crippen LogP contribution in [0.3, 0.4) is 0 Å². The molecule has 2 heterocycles. The second-order valence-corrected chi connectivity index (χ2v) is 9.52. The van der Waals surface area contributed by atoms with Crippen LogP contribution >= 0.6 is 0 Å². The number of piperidine rings is 1. The number of likely N-dealkylation sites (N-methyl/N-ethyl adjacent to an activating group) is 1. The van der Waals surface area contributed by atoms with Crippen LogP contribution in [0.1, 0.15) is 26.7 Å². The number of ether oxygens (including phenoxy) is 1. The van der Waals surface area contributed by atoms with Crippen LogP contribution in [0.25, 0.3) is 0 Å². The highest BCUT2D eigenvalue weighted by Gasteiger charge is 2.36. The lowest BCUT2D eigenvalue weighted by Crippen LogP contribution is -2.56. The summed E-state index contributed by atoms with van der Waals surface area (Å²) in [6, 6.07) is 0. The largest absolute Gasteiger partial charge is 0.379 e. The van der Waals surface area contributed by atoms with Crippen LogP contribution in [0.15, 0.2) is 0 Å². The second-order valence-electron chi connectivity index (χ2n) is 7.53. The Hall–Kier alpha value is -0.700. The number of carbonyl (C=O) groups excluding carboxylic acids is 1. The summed E-state index contributed by atoms with van der Waals surface area (Å²) in [6.07, 6.45) is 2.43. The third kappa shape index (κ3) is 4.91. The number of morpholine rings is 1. The Labute approximate surface area is 146 Å².